The standard InChI is InChI=1S/2C20H20N2O2S/c1-18-5-6-19(14(10-21)25-18)13-9-11-3-4-12(23)16-15(11)20(19,17(18)24-16)7-8-22(13)2;1-18-5-6-20(25-14(18)10-21)13-9-11-3-4-12(23)16-15(11)19(20,17(18)24-16)7-8-22(13)2/h2*3-6,13-14,17,23H,7-9H2,1-2H3/t13-,14?,17+,18-,19+,20+;13-,14?,17+,18+,19+,20-/m11/s1. The molecule has 0 radical (unpaired) electrons. The van der Waals surface area contributed by atoms with Gasteiger partial charge in [-0.3, -0.25) is 0 Å². The van der Waals surface area contributed by atoms with Gasteiger partial charge in [-0.1, -0.05) is 43.4 Å². The number of thioether (sulfide) groups is 2. The first-order valence-corrected chi connectivity index (χ1v) is 19.7. The lowest BCUT2D eigenvalue weighted by Crippen LogP contribution is -2.78. The third kappa shape index (κ3) is 2.87. The summed E-state index contributed by atoms with van der Waals surface area (Å²) >= 11 is 3.61. The Kier molecular flexibility index (Phi) is 5.47. The summed E-state index contributed by atoms with van der Waals surface area (Å²) in [5.74, 6) is 1.86. The fourth-order valence-corrected chi connectivity index (χ4v) is 16.9. The molecule has 8 bridgehead atoms. The number of benzene rings is 2. The maximum Gasteiger partial charge on any atom is 0.165 e. The molecule has 0 amide bonds. The minimum Gasteiger partial charge on any atom is -0.504 e. The molecule has 12 atom stereocenters. The van der Waals surface area contributed by atoms with Crippen LogP contribution in [0.15, 0.2) is 48.6 Å². The molecular weight excluding hydrogens is 665 g/mol. The monoisotopic (exact) mass is 704 g/mol. The highest BCUT2D eigenvalue weighted by atomic mass is 32.2. The average Bonchev–Trinajstić information content (AvgIpc) is 3.68. The summed E-state index contributed by atoms with van der Waals surface area (Å²) in [4.78, 5) is 4.91. The van der Waals surface area contributed by atoms with Crippen LogP contribution >= 0.6 is 23.5 Å². The Morgan fingerprint density at radius 3 is 2.02 bits per heavy atom. The van der Waals surface area contributed by atoms with Crippen LogP contribution in [0.25, 0.3) is 0 Å². The zero-order valence-electron chi connectivity index (χ0n) is 28.6. The maximum atomic E-state index is 10.5. The van der Waals surface area contributed by atoms with Crippen molar-refractivity contribution in [2.75, 3.05) is 27.2 Å². The van der Waals surface area contributed by atoms with Gasteiger partial charge in [-0.15, -0.1) is 23.5 Å². The molecule has 4 fully saturated rings. The van der Waals surface area contributed by atoms with Crippen molar-refractivity contribution in [3.8, 4) is 35.1 Å². The molecule has 12 aliphatic rings. The van der Waals surface area contributed by atoms with Gasteiger partial charge in [0.1, 0.15) is 22.7 Å². The molecule has 4 aliphatic carbocycles. The number of likely N-dealkylation sites (tertiary alicyclic amines) is 2. The second-order valence-electron chi connectivity index (χ2n) is 16.9. The lowest BCUT2D eigenvalue weighted by atomic mass is 9.43. The second kappa shape index (κ2) is 9.01. The number of hydrogen-bond donors (Lipinski definition) is 2. The van der Waals surface area contributed by atoms with E-state index in [2.05, 4.69) is 86.3 Å². The summed E-state index contributed by atoms with van der Waals surface area (Å²) in [5, 5.41) is 40.8. The van der Waals surface area contributed by atoms with Gasteiger partial charge in [-0.25, -0.2) is 0 Å². The first-order chi connectivity index (χ1) is 24.0. The van der Waals surface area contributed by atoms with Gasteiger partial charge < -0.3 is 29.5 Å². The number of likely N-dealkylation sites (N-methyl/N-ethyl adjacent to an activating group) is 2. The van der Waals surface area contributed by atoms with Crippen LogP contribution in [0.5, 0.6) is 23.0 Å². The van der Waals surface area contributed by atoms with Crippen molar-refractivity contribution in [2.45, 2.75) is 94.6 Å². The molecule has 8 nitrogen and oxygen atoms in total. The van der Waals surface area contributed by atoms with Crippen molar-refractivity contribution in [2.24, 2.45) is 10.8 Å². The van der Waals surface area contributed by atoms with Crippen molar-refractivity contribution in [1.82, 2.24) is 9.80 Å². The van der Waals surface area contributed by atoms with Crippen molar-refractivity contribution in [3.63, 3.8) is 0 Å². The third-order valence-corrected chi connectivity index (χ3v) is 18.8. The highest BCUT2D eigenvalue weighted by molar-refractivity contribution is 8.02. The van der Waals surface area contributed by atoms with Gasteiger partial charge in [-0.05, 0) is 83.1 Å². The summed E-state index contributed by atoms with van der Waals surface area (Å²) in [6.45, 7) is 6.40. The minimum absolute atomic E-state index is 0.0156. The first-order valence-electron chi connectivity index (χ1n) is 18.0. The fourth-order valence-electron chi connectivity index (χ4n) is 13.2. The van der Waals surface area contributed by atoms with Gasteiger partial charge in [0, 0.05) is 34.0 Å². The Bertz CT molecular complexity index is 2110. The largest absolute Gasteiger partial charge is 0.504 e. The third-order valence-electron chi connectivity index (χ3n) is 15.2. The molecule has 50 heavy (non-hydrogen) atoms. The Morgan fingerprint density at radius 1 is 0.740 bits per heavy atom. The number of phenolic OH excluding ortho intramolecular Hbond substituents is 2. The number of nitrogens with zero attached hydrogens (tertiary/aromatic N) is 4. The minimum atomic E-state index is -0.332. The molecule has 4 saturated heterocycles. The summed E-state index contributed by atoms with van der Waals surface area (Å²) in [5.41, 5.74) is 4.16. The molecule has 2 unspecified atom stereocenters. The van der Waals surface area contributed by atoms with Crippen LogP contribution in [0.4, 0.5) is 0 Å². The second-order valence-corrected chi connectivity index (χ2v) is 19.9. The Balaban J connectivity index is 0.000000120. The number of hydrogen-bond acceptors (Lipinski definition) is 10. The van der Waals surface area contributed by atoms with Crippen molar-refractivity contribution >= 4 is 23.5 Å². The number of rotatable bonds is 0. The van der Waals surface area contributed by atoms with Crippen molar-refractivity contribution in [3.05, 3.63) is 70.8 Å². The highest BCUT2D eigenvalue weighted by Crippen LogP contribution is 2.77. The number of nitriles is 2. The van der Waals surface area contributed by atoms with Crippen LogP contribution in [-0.2, 0) is 23.7 Å². The molecule has 8 heterocycles. The normalized spacial score (nSPS) is 48.0. The van der Waals surface area contributed by atoms with Crippen LogP contribution in [0, 0.1) is 33.5 Å². The molecule has 2 aromatic rings. The van der Waals surface area contributed by atoms with Crippen LogP contribution < -0.4 is 9.47 Å². The molecule has 256 valence electrons. The molecule has 14 rings (SSSR count). The maximum absolute atomic E-state index is 10.5. The van der Waals surface area contributed by atoms with E-state index in [1.54, 1.807) is 23.9 Å². The van der Waals surface area contributed by atoms with Crippen molar-refractivity contribution in [1.29, 1.82) is 10.5 Å². The fraction of sp³-hybridized carbons (Fsp3) is 0.550. The van der Waals surface area contributed by atoms with Crippen LogP contribution in [-0.4, -0.2) is 91.5 Å². The van der Waals surface area contributed by atoms with E-state index < -0.39 is 0 Å². The number of ether oxygens (including phenoxy) is 2. The molecule has 10 heteroatoms. The smallest absolute Gasteiger partial charge is 0.165 e. The van der Waals surface area contributed by atoms with E-state index in [1.807, 2.05) is 11.8 Å². The molecule has 0 saturated carbocycles. The van der Waals surface area contributed by atoms with E-state index in [0.717, 1.165) is 38.8 Å². The van der Waals surface area contributed by atoms with E-state index in [4.69, 9.17) is 9.47 Å². The van der Waals surface area contributed by atoms with Crippen LogP contribution in [0.2, 0.25) is 0 Å². The lowest BCUT2D eigenvalue weighted by molar-refractivity contribution is -0.0761. The topological polar surface area (TPSA) is 113 Å². The summed E-state index contributed by atoms with van der Waals surface area (Å²) < 4.78 is 12.7. The predicted molar refractivity (Wildman–Crippen MR) is 192 cm³/mol. The van der Waals surface area contributed by atoms with Crippen LogP contribution in [0.3, 0.4) is 0 Å². The number of piperidine rings is 2. The zero-order chi connectivity index (χ0) is 34.4. The van der Waals surface area contributed by atoms with Crippen LogP contribution in [0.1, 0.15) is 48.9 Å². The van der Waals surface area contributed by atoms with E-state index in [0.29, 0.717) is 23.6 Å². The molecule has 2 N–H and O–H groups in total. The summed E-state index contributed by atoms with van der Waals surface area (Å²) in [6.07, 6.45) is 13.1. The number of aromatic hydroxyl groups is 2. The van der Waals surface area contributed by atoms with Gasteiger partial charge >= 0.3 is 0 Å². The molecular formula is C40H40N4O4S2. The van der Waals surface area contributed by atoms with Gasteiger partial charge in [0.05, 0.1) is 32.5 Å². The molecule has 8 aliphatic heterocycles. The van der Waals surface area contributed by atoms with Gasteiger partial charge in [0.2, 0.25) is 0 Å². The molecule has 2 aromatic carbocycles. The summed E-state index contributed by atoms with van der Waals surface area (Å²) in [6, 6.07) is 13.6. The van der Waals surface area contributed by atoms with E-state index in [1.165, 1.54) is 22.3 Å². The zero-order valence-corrected chi connectivity index (χ0v) is 30.3. The van der Waals surface area contributed by atoms with E-state index in [9.17, 15) is 20.7 Å². The Hall–Kier alpha value is -3.28. The molecule has 4 spiro atoms. The SMILES string of the molecule is CN1CC[C@]23c4c5ccc(O)c4O[C@H]2[C@@]2(C)C=C[C@@]3(C(C#N)S2)[C@H]1C5.CN1CC[C@]23c4c5ccc(O)c4O[C@H]2[C@@]2(C)C=C[C@@]3(SC2C#N)[C@H]1C5. The number of phenols is 2. The molecule has 0 aromatic heterocycles. The summed E-state index contributed by atoms with van der Waals surface area (Å²) in [7, 11) is 4.40. The number of fused-ring (bicyclic) bond motifs is 2. The first kappa shape index (κ1) is 30.4. The van der Waals surface area contributed by atoms with E-state index >= 15 is 0 Å². The Morgan fingerprint density at radius 2 is 1.34 bits per heavy atom. The van der Waals surface area contributed by atoms with Gasteiger partial charge in [-0.2, -0.15) is 10.5 Å². The van der Waals surface area contributed by atoms with Crippen molar-refractivity contribution < 1.29 is 19.7 Å². The van der Waals surface area contributed by atoms with Gasteiger partial charge in [0.15, 0.2) is 23.0 Å². The quantitative estimate of drug-likeness (QED) is 0.355. The highest BCUT2D eigenvalue weighted by Gasteiger charge is 2.80. The predicted octanol–water partition coefficient (Wildman–Crippen LogP) is 5.21. The average molecular weight is 705 g/mol. The van der Waals surface area contributed by atoms with Gasteiger partial charge in [0.25, 0.3) is 0 Å². The van der Waals surface area contributed by atoms with E-state index in [-0.39, 0.29) is 65.4 Å². The lowest BCUT2D eigenvalue weighted by Gasteiger charge is -2.70. The Labute approximate surface area is 301 Å².